The molecule has 0 saturated carbocycles. The third-order valence-corrected chi connectivity index (χ3v) is 2.33. The number of pyridine rings is 1. The maximum atomic E-state index is 13.2. The fourth-order valence-corrected chi connectivity index (χ4v) is 1.48. The first kappa shape index (κ1) is 11.9. The van der Waals surface area contributed by atoms with Gasteiger partial charge in [0.25, 0.3) is 5.95 Å². The second-order valence-electron chi connectivity index (χ2n) is 3.55. The third-order valence-electron chi connectivity index (χ3n) is 2.12. The van der Waals surface area contributed by atoms with Crippen molar-refractivity contribution in [2.24, 2.45) is 0 Å². The molecule has 2 aromatic heterocycles. The van der Waals surface area contributed by atoms with Crippen LogP contribution in [0.25, 0.3) is 0 Å². The lowest BCUT2D eigenvalue weighted by Crippen LogP contribution is -2.09. The quantitative estimate of drug-likeness (QED) is 0.788. The first-order valence-electron chi connectivity index (χ1n) is 5.09. The summed E-state index contributed by atoms with van der Waals surface area (Å²) in [6.45, 7) is 2.82. The Morgan fingerprint density at radius 3 is 2.94 bits per heavy atom. The van der Waals surface area contributed by atoms with Crippen molar-refractivity contribution in [3.05, 3.63) is 41.2 Å². The van der Waals surface area contributed by atoms with Crippen molar-refractivity contribution in [2.45, 2.75) is 13.5 Å². The molecule has 0 unspecified atom stereocenters. The number of ether oxygens (including phenoxy) is 1. The predicted molar refractivity (Wildman–Crippen MR) is 61.7 cm³/mol. The highest BCUT2D eigenvalue weighted by atomic mass is 35.5. The van der Waals surface area contributed by atoms with E-state index in [1.165, 1.54) is 12.1 Å². The summed E-state index contributed by atoms with van der Waals surface area (Å²) in [5.74, 6) is -0.604. The van der Waals surface area contributed by atoms with Crippen LogP contribution in [0, 0.1) is 12.9 Å². The first-order chi connectivity index (χ1) is 8.15. The highest BCUT2D eigenvalue weighted by molar-refractivity contribution is 6.29. The van der Waals surface area contributed by atoms with Crippen LogP contribution in [0.4, 0.5) is 4.39 Å². The molecule has 0 saturated heterocycles. The zero-order chi connectivity index (χ0) is 12.3. The number of aromatic nitrogens is 3. The van der Waals surface area contributed by atoms with Crippen LogP contribution in [0.15, 0.2) is 24.5 Å². The van der Waals surface area contributed by atoms with E-state index in [0.29, 0.717) is 13.2 Å². The molecule has 0 N–H and O–H groups in total. The van der Waals surface area contributed by atoms with Gasteiger partial charge >= 0.3 is 0 Å². The Kier molecular flexibility index (Phi) is 3.58. The summed E-state index contributed by atoms with van der Waals surface area (Å²) < 4.78 is 20.2. The molecule has 90 valence electrons. The third kappa shape index (κ3) is 3.17. The SMILES string of the molecule is Cc1cnn(CCOc2ccc(Cl)nc2F)c1. The second kappa shape index (κ2) is 5.14. The van der Waals surface area contributed by atoms with E-state index in [1.54, 1.807) is 10.9 Å². The van der Waals surface area contributed by atoms with Gasteiger partial charge in [0.2, 0.25) is 0 Å². The molecule has 0 aliphatic carbocycles. The second-order valence-corrected chi connectivity index (χ2v) is 3.94. The van der Waals surface area contributed by atoms with Gasteiger partial charge in [-0.1, -0.05) is 11.6 Å². The zero-order valence-electron chi connectivity index (χ0n) is 9.23. The summed E-state index contributed by atoms with van der Waals surface area (Å²) >= 11 is 5.53. The lowest BCUT2D eigenvalue weighted by atomic mass is 10.4. The summed E-state index contributed by atoms with van der Waals surface area (Å²) in [6, 6.07) is 2.94. The number of rotatable bonds is 4. The Balaban J connectivity index is 1.90. The number of hydrogen-bond donors (Lipinski definition) is 0. The molecule has 2 aromatic rings. The molecule has 0 atom stereocenters. The van der Waals surface area contributed by atoms with Gasteiger partial charge in [0.15, 0.2) is 5.75 Å². The van der Waals surface area contributed by atoms with Crippen LogP contribution in [0.5, 0.6) is 5.75 Å². The predicted octanol–water partition coefficient (Wildman–Crippen LogP) is 2.46. The van der Waals surface area contributed by atoms with Crippen LogP contribution in [-0.4, -0.2) is 21.4 Å². The summed E-state index contributed by atoms with van der Waals surface area (Å²) in [4.78, 5) is 3.45. The number of aryl methyl sites for hydroxylation is 1. The molecule has 2 heterocycles. The molecule has 4 nitrogen and oxygen atoms in total. The van der Waals surface area contributed by atoms with E-state index in [2.05, 4.69) is 10.1 Å². The first-order valence-corrected chi connectivity index (χ1v) is 5.47. The van der Waals surface area contributed by atoms with E-state index in [9.17, 15) is 4.39 Å². The van der Waals surface area contributed by atoms with Gasteiger partial charge in [-0.25, -0.2) is 4.98 Å². The lowest BCUT2D eigenvalue weighted by Gasteiger charge is -2.06. The molecule has 6 heteroatoms. The van der Waals surface area contributed by atoms with E-state index < -0.39 is 5.95 Å². The fraction of sp³-hybridized carbons (Fsp3) is 0.273. The molecule has 2 rings (SSSR count). The standard InChI is InChI=1S/C11H11ClFN3O/c1-8-6-14-16(7-8)4-5-17-9-2-3-10(12)15-11(9)13/h2-3,6-7H,4-5H2,1H3. The fourth-order valence-electron chi connectivity index (χ4n) is 1.35. The molecule has 0 spiro atoms. The van der Waals surface area contributed by atoms with E-state index in [-0.39, 0.29) is 10.9 Å². The van der Waals surface area contributed by atoms with Crippen molar-refractivity contribution < 1.29 is 9.13 Å². The van der Waals surface area contributed by atoms with Gasteiger partial charge in [-0.15, -0.1) is 0 Å². The smallest absolute Gasteiger partial charge is 0.256 e. The number of hydrogen-bond acceptors (Lipinski definition) is 3. The van der Waals surface area contributed by atoms with Gasteiger partial charge in [0.05, 0.1) is 12.7 Å². The maximum Gasteiger partial charge on any atom is 0.256 e. The van der Waals surface area contributed by atoms with Gasteiger partial charge < -0.3 is 4.74 Å². The van der Waals surface area contributed by atoms with Crippen LogP contribution >= 0.6 is 11.6 Å². The van der Waals surface area contributed by atoms with E-state index in [0.717, 1.165) is 5.56 Å². The Hall–Kier alpha value is -1.62. The highest BCUT2D eigenvalue weighted by Crippen LogP contribution is 2.17. The highest BCUT2D eigenvalue weighted by Gasteiger charge is 2.05. The molecule has 0 radical (unpaired) electrons. The average molecular weight is 256 g/mol. The monoisotopic (exact) mass is 255 g/mol. The van der Waals surface area contributed by atoms with Gasteiger partial charge in [0.1, 0.15) is 11.8 Å². The van der Waals surface area contributed by atoms with E-state index >= 15 is 0 Å². The van der Waals surface area contributed by atoms with Crippen molar-refractivity contribution in [1.82, 2.24) is 14.8 Å². The molecule has 0 aliphatic heterocycles. The molecule has 0 fully saturated rings. The Morgan fingerprint density at radius 1 is 1.47 bits per heavy atom. The Labute approximate surface area is 103 Å². The molecule has 17 heavy (non-hydrogen) atoms. The maximum absolute atomic E-state index is 13.2. The summed E-state index contributed by atoms with van der Waals surface area (Å²) in [5.41, 5.74) is 1.07. The van der Waals surface area contributed by atoms with E-state index in [4.69, 9.17) is 16.3 Å². The topological polar surface area (TPSA) is 39.9 Å². The Bertz CT molecular complexity index is 515. The molecular formula is C11H11ClFN3O. The minimum atomic E-state index is -0.700. The van der Waals surface area contributed by atoms with Crippen LogP contribution in [0.3, 0.4) is 0 Å². The Morgan fingerprint density at radius 2 is 2.29 bits per heavy atom. The van der Waals surface area contributed by atoms with Crippen molar-refractivity contribution in [3.8, 4) is 5.75 Å². The molecule has 0 aliphatic rings. The van der Waals surface area contributed by atoms with Gasteiger partial charge in [-0.05, 0) is 24.6 Å². The van der Waals surface area contributed by atoms with Crippen LogP contribution in [0.2, 0.25) is 5.15 Å². The van der Waals surface area contributed by atoms with E-state index in [1.807, 2.05) is 13.1 Å². The molecule has 0 aromatic carbocycles. The van der Waals surface area contributed by atoms with Crippen LogP contribution in [0.1, 0.15) is 5.56 Å². The minimum absolute atomic E-state index is 0.0956. The number of halogens is 2. The zero-order valence-corrected chi connectivity index (χ0v) is 9.99. The van der Waals surface area contributed by atoms with Crippen molar-refractivity contribution >= 4 is 11.6 Å². The van der Waals surface area contributed by atoms with Gasteiger partial charge in [-0.2, -0.15) is 9.49 Å². The molecule has 0 bridgehead atoms. The molecule has 0 amide bonds. The average Bonchev–Trinajstić information content (AvgIpc) is 2.68. The van der Waals surface area contributed by atoms with Crippen molar-refractivity contribution in [3.63, 3.8) is 0 Å². The van der Waals surface area contributed by atoms with Gasteiger partial charge in [-0.3, -0.25) is 4.68 Å². The summed E-state index contributed by atoms with van der Waals surface area (Å²) in [5, 5.41) is 4.20. The van der Waals surface area contributed by atoms with Gasteiger partial charge in [0, 0.05) is 6.20 Å². The lowest BCUT2D eigenvalue weighted by molar-refractivity contribution is 0.274. The van der Waals surface area contributed by atoms with Crippen LogP contribution in [-0.2, 0) is 6.54 Å². The normalized spacial score (nSPS) is 10.5. The van der Waals surface area contributed by atoms with Crippen molar-refractivity contribution in [1.29, 1.82) is 0 Å². The van der Waals surface area contributed by atoms with Crippen molar-refractivity contribution in [2.75, 3.05) is 6.61 Å². The summed E-state index contributed by atoms with van der Waals surface area (Å²) in [7, 11) is 0. The summed E-state index contributed by atoms with van der Waals surface area (Å²) in [6.07, 6.45) is 3.64. The van der Waals surface area contributed by atoms with Crippen LogP contribution < -0.4 is 4.74 Å². The largest absolute Gasteiger partial charge is 0.487 e. The minimum Gasteiger partial charge on any atom is -0.487 e. The molecular weight excluding hydrogens is 245 g/mol. The number of nitrogens with zero attached hydrogens (tertiary/aromatic N) is 3.